The summed E-state index contributed by atoms with van der Waals surface area (Å²) in [5.41, 5.74) is 3.30. The zero-order valence-corrected chi connectivity index (χ0v) is 20.4. The average molecular weight is 469 g/mol. The number of rotatable bonds is 6. The maximum absolute atomic E-state index is 12.6. The summed E-state index contributed by atoms with van der Waals surface area (Å²) in [6.07, 6.45) is 2.87. The van der Waals surface area contributed by atoms with E-state index in [-0.39, 0.29) is 30.1 Å². The van der Waals surface area contributed by atoms with E-state index in [1.54, 1.807) is 31.5 Å². The summed E-state index contributed by atoms with van der Waals surface area (Å²) in [5, 5.41) is 1.09. The van der Waals surface area contributed by atoms with E-state index in [1.807, 2.05) is 0 Å². The number of H-pyrrole nitrogens is 1. The molecule has 3 aromatic heterocycles. The molecule has 1 saturated heterocycles. The Labute approximate surface area is 196 Å². The molecule has 0 radical (unpaired) electrons. The third-order valence-corrected chi connectivity index (χ3v) is 7.60. The van der Waals surface area contributed by atoms with Crippen LogP contribution in [0.4, 0.5) is 5.82 Å². The molecule has 4 heterocycles. The van der Waals surface area contributed by atoms with Gasteiger partial charge in [-0.3, -0.25) is 14.4 Å². The Morgan fingerprint density at radius 3 is 2.45 bits per heavy atom. The molecular formula is C24H28N4O4S. The SMILES string of the molecule is CC(=O)c1c(C)[nH]c(C(=O)COC(=O)C2CCN(c3ncnc4sc(C)c(C)c34)CC2)c1C. The number of ketones is 2. The molecule has 0 aromatic carbocycles. The molecule has 0 atom stereocenters. The third-order valence-electron chi connectivity index (χ3n) is 6.49. The van der Waals surface area contributed by atoms with E-state index in [9.17, 15) is 14.4 Å². The highest BCUT2D eigenvalue weighted by Crippen LogP contribution is 2.35. The topological polar surface area (TPSA) is 105 Å². The second-order valence-electron chi connectivity index (χ2n) is 8.63. The fraction of sp³-hybridized carbons (Fsp3) is 0.458. The number of nitrogens with zero attached hydrogens (tertiary/aromatic N) is 3. The number of hydrogen-bond acceptors (Lipinski definition) is 8. The minimum Gasteiger partial charge on any atom is -0.457 e. The van der Waals surface area contributed by atoms with Gasteiger partial charge in [-0.1, -0.05) is 0 Å². The van der Waals surface area contributed by atoms with Crippen LogP contribution in [0.5, 0.6) is 0 Å². The number of carbonyl (C=O) groups excluding carboxylic acids is 3. The molecule has 8 nitrogen and oxygen atoms in total. The quantitative estimate of drug-likeness (QED) is 0.429. The highest BCUT2D eigenvalue weighted by atomic mass is 32.1. The molecule has 0 unspecified atom stereocenters. The van der Waals surface area contributed by atoms with Gasteiger partial charge in [-0.15, -0.1) is 11.3 Å². The van der Waals surface area contributed by atoms with Gasteiger partial charge in [0.2, 0.25) is 5.78 Å². The van der Waals surface area contributed by atoms with Crippen molar-refractivity contribution in [2.75, 3.05) is 24.6 Å². The van der Waals surface area contributed by atoms with Crippen molar-refractivity contribution >= 4 is 44.9 Å². The lowest BCUT2D eigenvalue weighted by Crippen LogP contribution is -2.38. The van der Waals surface area contributed by atoms with Crippen molar-refractivity contribution in [3.8, 4) is 0 Å². The van der Waals surface area contributed by atoms with Gasteiger partial charge in [0, 0.05) is 29.2 Å². The summed E-state index contributed by atoms with van der Waals surface area (Å²) in [7, 11) is 0. The van der Waals surface area contributed by atoms with Crippen LogP contribution in [0.15, 0.2) is 6.33 Å². The molecule has 3 aromatic rings. The predicted octanol–water partition coefficient (Wildman–Crippen LogP) is 4.10. The van der Waals surface area contributed by atoms with Crippen molar-refractivity contribution < 1.29 is 19.1 Å². The fourth-order valence-corrected chi connectivity index (χ4v) is 5.61. The van der Waals surface area contributed by atoms with Gasteiger partial charge in [0.1, 0.15) is 17.0 Å². The van der Waals surface area contributed by atoms with Gasteiger partial charge < -0.3 is 14.6 Å². The summed E-state index contributed by atoms with van der Waals surface area (Å²) >= 11 is 1.67. The second-order valence-corrected chi connectivity index (χ2v) is 9.84. The van der Waals surface area contributed by atoms with Crippen LogP contribution in [0, 0.1) is 33.6 Å². The number of aryl methyl sites for hydroxylation is 3. The first-order valence-corrected chi connectivity index (χ1v) is 11.9. The van der Waals surface area contributed by atoms with Crippen molar-refractivity contribution in [1.82, 2.24) is 15.0 Å². The van der Waals surface area contributed by atoms with Gasteiger partial charge in [-0.2, -0.15) is 0 Å². The number of carbonyl (C=O) groups is 3. The highest BCUT2D eigenvalue weighted by Gasteiger charge is 2.29. The van der Waals surface area contributed by atoms with Crippen LogP contribution in [0.25, 0.3) is 10.2 Å². The average Bonchev–Trinajstić information content (AvgIpc) is 3.26. The van der Waals surface area contributed by atoms with Gasteiger partial charge in [-0.05, 0) is 58.6 Å². The summed E-state index contributed by atoms with van der Waals surface area (Å²) in [6, 6.07) is 0. The Hall–Kier alpha value is -3.07. The molecule has 0 spiro atoms. The van der Waals surface area contributed by atoms with Crippen LogP contribution in [0.3, 0.4) is 0 Å². The monoisotopic (exact) mass is 468 g/mol. The number of anilines is 1. The molecule has 0 saturated carbocycles. The number of esters is 1. The van der Waals surface area contributed by atoms with Crippen molar-refractivity contribution in [2.45, 2.75) is 47.5 Å². The normalized spacial score (nSPS) is 14.6. The molecule has 1 aliphatic heterocycles. The lowest BCUT2D eigenvalue weighted by atomic mass is 9.96. The lowest BCUT2D eigenvalue weighted by Gasteiger charge is -2.32. The summed E-state index contributed by atoms with van der Waals surface area (Å²) in [4.78, 5) is 53.3. The molecule has 1 aliphatic rings. The first-order chi connectivity index (χ1) is 15.7. The Bertz CT molecular complexity index is 1250. The van der Waals surface area contributed by atoms with E-state index < -0.39 is 0 Å². The van der Waals surface area contributed by atoms with Gasteiger partial charge >= 0.3 is 5.97 Å². The third kappa shape index (κ3) is 4.29. The minimum absolute atomic E-state index is 0.0992. The molecule has 174 valence electrons. The standard InChI is InChI=1S/C24H28N4O4S/c1-12-16(5)33-23-20(12)22(25-11-26-23)28-8-6-17(7-9-28)24(31)32-10-18(30)21-13(2)19(15(4)29)14(3)27-21/h11,17,27H,6-10H2,1-5H3. The Morgan fingerprint density at radius 2 is 1.82 bits per heavy atom. The van der Waals surface area contributed by atoms with Gasteiger partial charge in [0.05, 0.1) is 17.0 Å². The molecule has 4 rings (SSSR count). The van der Waals surface area contributed by atoms with E-state index in [1.165, 1.54) is 17.4 Å². The summed E-state index contributed by atoms with van der Waals surface area (Å²) in [6.45, 7) is 10.2. The zero-order chi connectivity index (χ0) is 23.9. The number of piperidine rings is 1. The highest BCUT2D eigenvalue weighted by molar-refractivity contribution is 7.18. The second kappa shape index (κ2) is 9.05. The summed E-state index contributed by atoms with van der Waals surface area (Å²) < 4.78 is 5.36. The number of aromatic amines is 1. The first kappa shape index (κ1) is 23.1. The molecule has 33 heavy (non-hydrogen) atoms. The van der Waals surface area contributed by atoms with Crippen LogP contribution in [-0.4, -0.2) is 52.2 Å². The van der Waals surface area contributed by atoms with Gasteiger partial charge in [0.25, 0.3) is 0 Å². The van der Waals surface area contributed by atoms with Crippen LogP contribution in [0.2, 0.25) is 0 Å². The van der Waals surface area contributed by atoms with E-state index >= 15 is 0 Å². The molecule has 0 amide bonds. The molecule has 0 bridgehead atoms. The Kier molecular flexibility index (Phi) is 6.34. The summed E-state index contributed by atoms with van der Waals surface area (Å²) in [5.74, 6) is -0.122. The first-order valence-electron chi connectivity index (χ1n) is 11.0. The van der Waals surface area contributed by atoms with E-state index in [0.29, 0.717) is 48.4 Å². The number of Topliss-reactive ketones (excluding diaryl/α,β-unsaturated/α-hetero) is 2. The smallest absolute Gasteiger partial charge is 0.309 e. The predicted molar refractivity (Wildman–Crippen MR) is 127 cm³/mol. The largest absolute Gasteiger partial charge is 0.457 e. The molecular weight excluding hydrogens is 440 g/mol. The van der Waals surface area contributed by atoms with Crippen molar-refractivity contribution in [3.63, 3.8) is 0 Å². The Balaban J connectivity index is 1.36. The molecule has 1 fully saturated rings. The van der Waals surface area contributed by atoms with Crippen molar-refractivity contribution in [2.24, 2.45) is 5.92 Å². The zero-order valence-electron chi connectivity index (χ0n) is 19.6. The van der Waals surface area contributed by atoms with E-state index in [0.717, 1.165) is 16.0 Å². The van der Waals surface area contributed by atoms with E-state index in [2.05, 4.69) is 33.7 Å². The number of nitrogens with one attached hydrogen (secondary N) is 1. The number of hydrogen-bond donors (Lipinski definition) is 1. The molecule has 1 N–H and O–H groups in total. The van der Waals surface area contributed by atoms with Crippen LogP contribution >= 0.6 is 11.3 Å². The molecule has 0 aliphatic carbocycles. The van der Waals surface area contributed by atoms with Crippen LogP contribution < -0.4 is 4.90 Å². The number of thiophene rings is 1. The minimum atomic E-state index is -0.355. The maximum Gasteiger partial charge on any atom is 0.309 e. The Morgan fingerprint density at radius 1 is 1.12 bits per heavy atom. The van der Waals surface area contributed by atoms with Crippen LogP contribution in [-0.2, 0) is 9.53 Å². The van der Waals surface area contributed by atoms with Gasteiger partial charge in [0.15, 0.2) is 12.4 Å². The maximum atomic E-state index is 12.6. The van der Waals surface area contributed by atoms with Crippen molar-refractivity contribution in [1.29, 1.82) is 0 Å². The van der Waals surface area contributed by atoms with Gasteiger partial charge in [-0.25, -0.2) is 9.97 Å². The van der Waals surface area contributed by atoms with Crippen molar-refractivity contribution in [3.05, 3.63) is 39.3 Å². The lowest BCUT2D eigenvalue weighted by molar-refractivity contribution is -0.148. The number of fused-ring (bicyclic) bond motifs is 1. The van der Waals surface area contributed by atoms with Crippen LogP contribution in [0.1, 0.15) is 62.3 Å². The number of aromatic nitrogens is 3. The molecule has 9 heteroatoms. The fourth-order valence-electron chi connectivity index (χ4n) is 4.61. The number of ether oxygens (including phenoxy) is 1. The van der Waals surface area contributed by atoms with E-state index in [4.69, 9.17) is 4.74 Å².